The van der Waals surface area contributed by atoms with Gasteiger partial charge in [0.1, 0.15) is 11.5 Å². The molecular weight excluding hydrogens is 432 g/mol. The number of hydrogen-bond acceptors (Lipinski definition) is 5. The van der Waals surface area contributed by atoms with E-state index in [0.717, 1.165) is 4.90 Å². The molecule has 0 aromatic heterocycles. The van der Waals surface area contributed by atoms with Crippen LogP contribution in [0.5, 0.6) is 11.5 Å². The largest absolute Gasteiger partial charge is 0.872 e. The maximum Gasteiger partial charge on any atom is 0.295 e. The first-order valence-corrected chi connectivity index (χ1v) is 10.8. The zero-order valence-electron chi connectivity index (χ0n) is 18.6. The number of methoxy groups -OCH3 is 1. The number of hydrogen-bond donors (Lipinski definition) is 1. The molecule has 1 N–H and O–H groups in total. The SMILES string of the molecule is CCOc1ccc(/C([O-])=C2\C(=O)C(=O)N(CC[NH+](C)C)C2c2ccc(OC)cc2)cc1Cl. The van der Waals surface area contributed by atoms with Gasteiger partial charge in [-0.3, -0.25) is 9.59 Å². The number of halogens is 1. The number of rotatable bonds is 8. The molecule has 1 aliphatic heterocycles. The summed E-state index contributed by atoms with van der Waals surface area (Å²) in [6.07, 6.45) is 0. The topological polar surface area (TPSA) is 83.3 Å². The number of nitrogens with zero attached hydrogens (tertiary/aromatic N) is 1. The molecule has 1 amide bonds. The van der Waals surface area contributed by atoms with Crippen LogP contribution in [0.25, 0.3) is 5.76 Å². The molecule has 0 aliphatic carbocycles. The summed E-state index contributed by atoms with van der Waals surface area (Å²) in [7, 11) is 5.48. The average Bonchev–Trinajstić information content (AvgIpc) is 3.03. The predicted octanol–water partition coefficient (Wildman–Crippen LogP) is 1.12. The van der Waals surface area contributed by atoms with Crippen LogP contribution in [0.15, 0.2) is 48.0 Å². The molecule has 1 unspecified atom stereocenters. The molecular formula is C24H27ClN2O5. The minimum Gasteiger partial charge on any atom is -0.872 e. The van der Waals surface area contributed by atoms with Crippen LogP contribution < -0.4 is 19.5 Å². The van der Waals surface area contributed by atoms with E-state index >= 15 is 0 Å². The van der Waals surface area contributed by atoms with E-state index in [1.54, 1.807) is 43.5 Å². The van der Waals surface area contributed by atoms with Gasteiger partial charge in [0.05, 0.1) is 52.0 Å². The lowest BCUT2D eigenvalue weighted by atomic mass is 9.95. The van der Waals surface area contributed by atoms with Crippen LogP contribution in [-0.4, -0.2) is 57.5 Å². The average molecular weight is 459 g/mol. The summed E-state index contributed by atoms with van der Waals surface area (Å²) >= 11 is 6.26. The van der Waals surface area contributed by atoms with Crippen molar-refractivity contribution < 1.29 is 29.1 Å². The number of likely N-dealkylation sites (N-methyl/N-ethyl adjacent to an activating group) is 1. The molecule has 1 saturated heterocycles. The standard InChI is InChI=1S/C24H27ClN2O5/c1-5-32-19-11-8-16(14-18(19)25)22(28)20-21(15-6-9-17(31-4)10-7-15)27(13-12-26(2)3)24(30)23(20)29/h6-11,14,21,28H,5,12-13H2,1-4H3/b22-20+. The smallest absolute Gasteiger partial charge is 0.295 e. The number of Topliss-reactive ketones (excluding diaryl/α,β-unsaturated/α-hetero) is 1. The number of ether oxygens (including phenoxy) is 2. The summed E-state index contributed by atoms with van der Waals surface area (Å²) in [5, 5.41) is 13.7. The van der Waals surface area contributed by atoms with Crippen molar-refractivity contribution in [2.45, 2.75) is 13.0 Å². The highest BCUT2D eigenvalue weighted by Crippen LogP contribution is 2.39. The first kappa shape index (κ1) is 23.6. The highest BCUT2D eigenvalue weighted by molar-refractivity contribution is 6.46. The molecule has 2 aromatic carbocycles. The van der Waals surface area contributed by atoms with E-state index in [9.17, 15) is 14.7 Å². The Labute approximate surface area is 192 Å². The number of ketones is 1. The normalized spacial score (nSPS) is 17.8. The van der Waals surface area contributed by atoms with Gasteiger partial charge in [0.25, 0.3) is 5.91 Å². The van der Waals surface area contributed by atoms with Gasteiger partial charge >= 0.3 is 0 Å². The summed E-state index contributed by atoms with van der Waals surface area (Å²) in [6.45, 7) is 3.23. The van der Waals surface area contributed by atoms with Crippen molar-refractivity contribution in [2.75, 3.05) is 40.9 Å². The molecule has 32 heavy (non-hydrogen) atoms. The lowest BCUT2D eigenvalue weighted by Gasteiger charge is -2.28. The van der Waals surface area contributed by atoms with Gasteiger partial charge in [0.15, 0.2) is 0 Å². The van der Waals surface area contributed by atoms with Crippen LogP contribution in [0, 0.1) is 0 Å². The molecule has 2 aromatic rings. The van der Waals surface area contributed by atoms with Crippen LogP contribution in [-0.2, 0) is 9.59 Å². The zero-order valence-corrected chi connectivity index (χ0v) is 19.4. The number of benzene rings is 2. The molecule has 1 fully saturated rings. The number of likely N-dealkylation sites (tertiary alicyclic amines) is 1. The zero-order chi connectivity index (χ0) is 23.4. The number of nitrogens with one attached hydrogen (secondary N) is 1. The fourth-order valence-corrected chi connectivity index (χ4v) is 3.88. The maximum absolute atomic E-state index is 13.4. The van der Waals surface area contributed by atoms with E-state index in [2.05, 4.69) is 0 Å². The van der Waals surface area contributed by atoms with Crippen LogP contribution >= 0.6 is 11.6 Å². The first-order valence-electron chi connectivity index (χ1n) is 10.4. The maximum atomic E-state index is 13.4. The second-order valence-corrected chi connectivity index (χ2v) is 8.19. The van der Waals surface area contributed by atoms with E-state index < -0.39 is 23.5 Å². The van der Waals surface area contributed by atoms with Crippen LogP contribution in [0.1, 0.15) is 24.1 Å². The van der Waals surface area contributed by atoms with Crippen molar-refractivity contribution in [2.24, 2.45) is 0 Å². The van der Waals surface area contributed by atoms with Crippen molar-refractivity contribution in [1.82, 2.24) is 4.90 Å². The lowest BCUT2D eigenvalue weighted by Crippen LogP contribution is -3.06. The van der Waals surface area contributed by atoms with Gasteiger partial charge in [-0.25, -0.2) is 0 Å². The third kappa shape index (κ3) is 4.74. The van der Waals surface area contributed by atoms with Crippen molar-refractivity contribution in [3.63, 3.8) is 0 Å². The molecule has 0 bridgehead atoms. The first-order chi connectivity index (χ1) is 15.3. The van der Waals surface area contributed by atoms with Crippen molar-refractivity contribution >= 4 is 29.1 Å². The fraction of sp³-hybridized carbons (Fsp3) is 0.333. The molecule has 3 rings (SSSR count). The Morgan fingerprint density at radius 2 is 1.84 bits per heavy atom. The van der Waals surface area contributed by atoms with E-state index in [-0.39, 0.29) is 16.2 Å². The Balaban J connectivity index is 2.12. The minimum atomic E-state index is -0.783. The molecule has 1 heterocycles. The summed E-state index contributed by atoms with van der Waals surface area (Å²) < 4.78 is 10.6. The minimum absolute atomic E-state index is 0.0749. The Morgan fingerprint density at radius 1 is 1.16 bits per heavy atom. The van der Waals surface area contributed by atoms with Crippen molar-refractivity contribution in [3.05, 3.63) is 64.2 Å². The highest BCUT2D eigenvalue weighted by Gasteiger charge is 2.44. The van der Waals surface area contributed by atoms with E-state index in [4.69, 9.17) is 21.1 Å². The number of carbonyl (C=O) groups is 2. The lowest BCUT2D eigenvalue weighted by molar-refractivity contribution is -0.857. The summed E-state index contributed by atoms with van der Waals surface area (Å²) in [4.78, 5) is 28.5. The van der Waals surface area contributed by atoms with Gasteiger partial charge < -0.3 is 24.4 Å². The predicted molar refractivity (Wildman–Crippen MR) is 120 cm³/mol. The Hall–Kier alpha value is -3.03. The molecule has 0 radical (unpaired) electrons. The van der Waals surface area contributed by atoms with E-state index in [1.165, 1.54) is 11.0 Å². The van der Waals surface area contributed by atoms with Gasteiger partial charge in [-0.15, -0.1) is 0 Å². The fourth-order valence-electron chi connectivity index (χ4n) is 3.65. The van der Waals surface area contributed by atoms with Gasteiger partial charge in [0.2, 0.25) is 5.78 Å². The molecule has 8 heteroatoms. The van der Waals surface area contributed by atoms with Gasteiger partial charge in [-0.2, -0.15) is 0 Å². The Bertz CT molecular complexity index is 1030. The summed E-state index contributed by atoms with van der Waals surface area (Å²) in [5.41, 5.74) is 0.821. The van der Waals surface area contributed by atoms with Crippen LogP contribution in [0.4, 0.5) is 0 Å². The molecule has 7 nitrogen and oxygen atoms in total. The highest BCUT2D eigenvalue weighted by atomic mass is 35.5. The Morgan fingerprint density at radius 3 is 2.41 bits per heavy atom. The second kappa shape index (κ2) is 10.1. The van der Waals surface area contributed by atoms with Crippen molar-refractivity contribution in [3.8, 4) is 11.5 Å². The second-order valence-electron chi connectivity index (χ2n) is 7.78. The molecule has 0 spiro atoms. The van der Waals surface area contributed by atoms with Crippen LogP contribution in [0.3, 0.4) is 0 Å². The molecule has 1 aliphatic rings. The van der Waals surface area contributed by atoms with E-state index in [1.807, 2.05) is 21.0 Å². The summed E-state index contributed by atoms with van der Waals surface area (Å²) in [5.74, 6) is -0.887. The Kier molecular flexibility index (Phi) is 7.43. The van der Waals surface area contributed by atoms with Crippen LogP contribution in [0.2, 0.25) is 5.02 Å². The van der Waals surface area contributed by atoms with E-state index in [0.29, 0.717) is 36.8 Å². The number of amides is 1. The number of quaternary nitrogens is 1. The van der Waals surface area contributed by atoms with Gasteiger partial charge in [-0.05, 0) is 42.3 Å². The third-order valence-electron chi connectivity index (χ3n) is 5.31. The number of carbonyl (C=O) groups excluding carboxylic acids is 2. The van der Waals surface area contributed by atoms with Gasteiger partial charge in [-0.1, -0.05) is 35.6 Å². The molecule has 0 saturated carbocycles. The molecule has 1 atom stereocenters. The summed E-state index contributed by atoms with van der Waals surface area (Å²) in [6, 6.07) is 10.9. The molecule has 170 valence electrons. The van der Waals surface area contributed by atoms with Crippen molar-refractivity contribution in [1.29, 1.82) is 0 Å². The quantitative estimate of drug-likeness (QED) is 0.364. The monoisotopic (exact) mass is 458 g/mol. The third-order valence-corrected chi connectivity index (χ3v) is 5.60. The van der Waals surface area contributed by atoms with Gasteiger partial charge in [0, 0.05) is 5.57 Å².